The summed E-state index contributed by atoms with van der Waals surface area (Å²) in [6, 6.07) is 5.91. The predicted octanol–water partition coefficient (Wildman–Crippen LogP) is 2.62. The molecule has 1 atom stereocenters. The molecule has 0 fully saturated rings. The summed E-state index contributed by atoms with van der Waals surface area (Å²) in [6.45, 7) is 0. The van der Waals surface area contributed by atoms with Gasteiger partial charge >= 0.3 is 0 Å². The summed E-state index contributed by atoms with van der Waals surface area (Å²) in [7, 11) is 0. The van der Waals surface area contributed by atoms with E-state index in [0.717, 1.165) is 21.4 Å². The van der Waals surface area contributed by atoms with E-state index in [1.807, 2.05) is 30.5 Å². The van der Waals surface area contributed by atoms with E-state index in [2.05, 4.69) is 47.4 Å². The van der Waals surface area contributed by atoms with Gasteiger partial charge in [-0.1, -0.05) is 6.08 Å². The van der Waals surface area contributed by atoms with Crippen LogP contribution >= 0.6 is 15.9 Å². The maximum Gasteiger partial charge on any atom is 0.253 e. The summed E-state index contributed by atoms with van der Waals surface area (Å²) in [6.07, 6.45) is 11.0. The zero-order valence-corrected chi connectivity index (χ0v) is 13.0. The van der Waals surface area contributed by atoms with Crippen LogP contribution < -0.4 is 5.32 Å². The van der Waals surface area contributed by atoms with Crippen molar-refractivity contribution in [2.75, 3.05) is 0 Å². The van der Waals surface area contributed by atoms with E-state index in [0.29, 0.717) is 5.78 Å². The molecule has 0 spiro atoms. The fraction of sp³-hybridized carbons (Fsp3) is 0.0667. The molecule has 0 aromatic carbocycles. The second-order valence-corrected chi connectivity index (χ2v) is 5.72. The minimum Gasteiger partial charge on any atom is -0.378 e. The normalized spacial score (nSPS) is 17.3. The summed E-state index contributed by atoms with van der Waals surface area (Å²) in [5, 5.41) is 7.55. The average Bonchev–Trinajstić information content (AvgIpc) is 3.04. The number of dihydropyridines is 1. The van der Waals surface area contributed by atoms with Crippen LogP contribution in [-0.2, 0) is 0 Å². The van der Waals surface area contributed by atoms with Gasteiger partial charge in [-0.25, -0.2) is 4.98 Å². The summed E-state index contributed by atoms with van der Waals surface area (Å²) in [5.41, 5.74) is 2.84. The number of nitrogens with zero attached hydrogens (tertiary/aromatic N) is 5. The third-order valence-corrected chi connectivity index (χ3v) is 3.91. The fourth-order valence-corrected chi connectivity index (χ4v) is 2.65. The zero-order valence-electron chi connectivity index (χ0n) is 11.4. The number of allylic oxidation sites excluding steroid dienone is 2. The van der Waals surface area contributed by atoms with Crippen LogP contribution in [-0.4, -0.2) is 24.6 Å². The molecule has 1 unspecified atom stereocenters. The molecule has 3 aromatic rings. The second-order valence-electron chi connectivity index (χ2n) is 4.81. The number of hydrogen-bond donors (Lipinski definition) is 1. The van der Waals surface area contributed by atoms with Gasteiger partial charge in [-0.2, -0.15) is 14.6 Å². The van der Waals surface area contributed by atoms with E-state index in [4.69, 9.17) is 0 Å². The van der Waals surface area contributed by atoms with Crippen LogP contribution in [0.3, 0.4) is 0 Å². The lowest BCUT2D eigenvalue weighted by atomic mass is 10.1. The highest BCUT2D eigenvalue weighted by molar-refractivity contribution is 9.11. The first-order valence-corrected chi connectivity index (χ1v) is 7.51. The van der Waals surface area contributed by atoms with Crippen molar-refractivity contribution in [1.82, 2.24) is 29.9 Å². The van der Waals surface area contributed by atoms with Gasteiger partial charge in [0.15, 0.2) is 0 Å². The fourth-order valence-electron chi connectivity index (χ4n) is 2.36. The largest absolute Gasteiger partial charge is 0.378 e. The van der Waals surface area contributed by atoms with Gasteiger partial charge in [0, 0.05) is 28.6 Å². The van der Waals surface area contributed by atoms with Gasteiger partial charge in [-0.05, 0) is 40.2 Å². The Hall–Kier alpha value is -2.54. The van der Waals surface area contributed by atoms with Crippen LogP contribution in [0.15, 0.2) is 59.8 Å². The highest BCUT2D eigenvalue weighted by Gasteiger charge is 2.16. The molecule has 108 valence electrons. The molecule has 0 radical (unpaired) electrons. The van der Waals surface area contributed by atoms with E-state index >= 15 is 0 Å². The molecule has 0 saturated carbocycles. The Balaban J connectivity index is 1.86. The van der Waals surface area contributed by atoms with Crippen LogP contribution in [0.4, 0.5) is 0 Å². The minimum atomic E-state index is 0.00332. The second kappa shape index (κ2) is 5.34. The Kier molecular flexibility index (Phi) is 3.19. The van der Waals surface area contributed by atoms with E-state index in [-0.39, 0.29) is 6.04 Å². The first-order valence-electron chi connectivity index (χ1n) is 6.72. The Morgan fingerprint density at radius 1 is 1.23 bits per heavy atom. The zero-order chi connectivity index (χ0) is 14.9. The monoisotopic (exact) mass is 354 g/mol. The Labute approximate surface area is 134 Å². The summed E-state index contributed by atoms with van der Waals surface area (Å²) >= 11 is 3.43. The quantitative estimate of drug-likeness (QED) is 0.766. The lowest BCUT2D eigenvalue weighted by Crippen LogP contribution is -2.18. The van der Waals surface area contributed by atoms with Crippen molar-refractivity contribution in [3.8, 4) is 11.3 Å². The van der Waals surface area contributed by atoms with Gasteiger partial charge in [0.25, 0.3) is 5.78 Å². The highest BCUT2D eigenvalue weighted by atomic mass is 79.9. The van der Waals surface area contributed by atoms with Crippen molar-refractivity contribution in [1.29, 1.82) is 0 Å². The van der Waals surface area contributed by atoms with Crippen molar-refractivity contribution in [3.05, 3.63) is 65.4 Å². The van der Waals surface area contributed by atoms with Crippen molar-refractivity contribution >= 4 is 21.7 Å². The standard InChI is InChI=1S/C15H11BrN6/c16-11-1-2-12(18-8-11)13-7-14(10-3-5-17-6-4-10)22-15(21-13)19-9-20-22/h1-9,12,18H. The Morgan fingerprint density at radius 2 is 2.09 bits per heavy atom. The van der Waals surface area contributed by atoms with Gasteiger partial charge in [0.1, 0.15) is 6.33 Å². The molecule has 0 amide bonds. The van der Waals surface area contributed by atoms with Gasteiger partial charge in [0.2, 0.25) is 0 Å². The van der Waals surface area contributed by atoms with Gasteiger partial charge in [-0.15, -0.1) is 0 Å². The number of hydrogen-bond acceptors (Lipinski definition) is 5. The number of fused-ring (bicyclic) bond motifs is 1. The number of rotatable bonds is 2. The maximum absolute atomic E-state index is 4.59. The van der Waals surface area contributed by atoms with Crippen LogP contribution in [0.2, 0.25) is 0 Å². The molecule has 6 nitrogen and oxygen atoms in total. The molecule has 3 aromatic heterocycles. The first-order chi connectivity index (χ1) is 10.8. The number of pyridine rings is 1. The molecule has 1 N–H and O–H groups in total. The molecule has 22 heavy (non-hydrogen) atoms. The Bertz CT molecular complexity index is 883. The molecular formula is C15H11BrN6. The van der Waals surface area contributed by atoms with E-state index < -0.39 is 0 Å². The number of halogens is 1. The highest BCUT2D eigenvalue weighted by Crippen LogP contribution is 2.25. The predicted molar refractivity (Wildman–Crippen MR) is 86.0 cm³/mol. The van der Waals surface area contributed by atoms with Crippen molar-refractivity contribution in [3.63, 3.8) is 0 Å². The summed E-state index contributed by atoms with van der Waals surface area (Å²) in [4.78, 5) is 12.9. The SMILES string of the molecule is BrC1=CNC(c2cc(-c3ccncc3)n3ncnc3n2)C=C1. The third-order valence-electron chi connectivity index (χ3n) is 3.42. The number of aromatic nitrogens is 5. The molecule has 1 aliphatic rings. The van der Waals surface area contributed by atoms with Crippen molar-refractivity contribution in [2.24, 2.45) is 0 Å². The van der Waals surface area contributed by atoms with Gasteiger partial charge in [-0.3, -0.25) is 4.98 Å². The molecule has 0 aliphatic carbocycles. The number of nitrogens with one attached hydrogen (secondary N) is 1. The maximum atomic E-state index is 4.59. The Morgan fingerprint density at radius 3 is 2.86 bits per heavy atom. The summed E-state index contributed by atoms with van der Waals surface area (Å²) in [5.74, 6) is 0.577. The topological polar surface area (TPSA) is 68.0 Å². The summed E-state index contributed by atoms with van der Waals surface area (Å²) < 4.78 is 2.73. The van der Waals surface area contributed by atoms with Crippen molar-refractivity contribution < 1.29 is 0 Å². The molecule has 4 heterocycles. The van der Waals surface area contributed by atoms with E-state index in [9.17, 15) is 0 Å². The van der Waals surface area contributed by atoms with Crippen LogP contribution in [0, 0.1) is 0 Å². The van der Waals surface area contributed by atoms with Crippen LogP contribution in [0.1, 0.15) is 11.7 Å². The molecule has 1 aliphatic heterocycles. The third kappa shape index (κ3) is 2.29. The minimum absolute atomic E-state index is 0.00332. The van der Waals surface area contributed by atoms with Crippen LogP contribution in [0.25, 0.3) is 17.0 Å². The molecule has 0 bridgehead atoms. The smallest absolute Gasteiger partial charge is 0.253 e. The lowest BCUT2D eigenvalue weighted by molar-refractivity contribution is 0.716. The molecular weight excluding hydrogens is 344 g/mol. The molecule has 7 heteroatoms. The van der Waals surface area contributed by atoms with Gasteiger partial charge in [0.05, 0.1) is 17.4 Å². The van der Waals surface area contributed by atoms with Gasteiger partial charge < -0.3 is 5.32 Å². The van der Waals surface area contributed by atoms with E-state index in [1.54, 1.807) is 16.9 Å². The average molecular weight is 355 g/mol. The molecule has 0 saturated heterocycles. The molecule has 4 rings (SSSR count). The first kappa shape index (κ1) is 13.1. The van der Waals surface area contributed by atoms with Crippen molar-refractivity contribution in [2.45, 2.75) is 6.04 Å². The van der Waals surface area contributed by atoms with Crippen LogP contribution in [0.5, 0.6) is 0 Å². The van der Waals surface area contributed by atoms with E-state index in [1.165, 1.54) is 6.33 Å². The lowest BCUT2D eigenvalue weighted by Gasteiger charge is -2.17.